The lowest BCUT2D eigenvalue weighted by Gasteiger charge is -2.03. The summed E-state index contributed by atoms with van der Waals surface area (Å²) in [5, 5.41) is 13.0. The summed E-state index contributed by atoms with van der Waals surface area (Å²) in [7, 11) is -1.72. The Labute approximate surface area is 110 Å². The first kappa shape index (κ1) is 13.3. The Morgan fingerprint density at radius 1 is 1.26 bits per heavy atom. The van der Waals surface area contributed by atoms with Crippen LogP contribution >= 0.6 is 0 Å². The molecule has 0 unspecified atom stereocenters. The van der Waals surface area contributed by atoms with Gasteiger partial charge in [0.05, 0.1) is 11.1 Å². The van der Waals surface area contributed by atoms with Crippen LogP contribution in [-0.2, 0) is 16.9 Å². The van der Waals surface area contributed by atoms with Crippen LogP contribution in [0.25, 0.3) is 11.1 Å². The summed E-state index contributed by atoms with van der Waals surface area (Å²) in [6.07, 6.45) is 2.56. The van der Waals surface area contributed by atoms with Crippen molar-refractivity contribution in [3.05, 3.63) is 36.2 Å². The number of aromatic carboxylic acids is 1. The fourth-order valence-electron chi connectivity index (χ4n) is 1.78. The van der Waals surface area contributed by atoms with Gasteiger partial charge in [-0.15, -0.1) is 0 Å². The normalized spacial score (nSPS) is 11.5. The molecule has 7 heteroatoms. The van der Waals surface area contributed by atoms with Gasteiger partial charge < -0.3 is 5.11 Å². The highest BCUT2D eigenvalue weighted by Crippen LogP contribution is 2.24. The molecule has 1 aromatic carbocycles. The van der Waals surface area contributed by atoms with Crippen LogP contribution in [-0.4, -0.2) is 35.5 Å². The second kappa shape index (κ2) is 4.51. The number of aromatic nitrogens is 2. The molecule has 2 rings (SSSR count). The van der Waals surface area contributed by atoms with Crippen LogP contribution in [0.4, 0.5) is 0 Å². The fourth-order valence-corrected chi connectivity index (χ4v) is 2.41. The predicted molar refractivity (Wildman–Crippen MR) is 68.7 cm³/mol. The lowest BCUT2D eigenvalue weighted by molar-refractivity contribution is 0.0686. The Morgan fingerprint density at radius 2 is 1.84 bits per heavy atom. The van der Waals surface area contributed by atoms with E-state index in [9.17, 15) is 13.2 Å². The molecule has 1 heterocycles. The quantitative estimate of drug-likeness (QED) is 0.912. The molecule has 0 aliphatic rings. The van der Waals surface area contributed by atoms with Crippen LogP contribution in [0.1, 0.15) is 10.5 Å². The van der Waals surface area contributed by atoms with E-state index in [4.69, 9.17) is 5.11 Å². The highest BCUT2D eigenvalue weighted by atomic mass is 32.2. The third-order valence-corrected chi connectivity index (χ3v) is 3.86. The predicted octanol–water partition coefficient (Wildman–Crippen LogP) is 1.19. The van der Waals surface area contributed by atoms with Crippen molar-refractivity contribution >= 4 is 15.8 Å². The number of carboxylic acids is 1. The molecular weight excluding hydrogens is 268 g/mol. The Morgan fingerprint density at radius 3 is 2.32 bits per heavy atom. The van der Waals surface area contributed by atoms with Crippen molar-refractivity contribution < 1.29 is 18.3 Å². The summed E-state index contributed by atoms with van der Waals surface area (Å²) < 4.78 is 24.0. The first-order valence-corrected chi connectivity index (χ1v) is 7.25. The van der Waals surface area contributed by atoms with Crippen LogP contribution in [0.15, 0.2) is 35.4 Å². The molecule has 100 valence electrons. The van der Waals surface area contributed by atoms with Crippen molar-refractivity contribution in [2.75, 3.05) is 6.26 Å². The van der Waals surface area contributed by atoms with Gasteiger partial charge in [0.1, 0.15) is 0 Å². The Bertz CT molecular complexity index is 730. The van der Waals surface area contributed by atoms with E-state index in [0.29, 0.717) is 11.1 Å². The maximum Gasteiger partial charge on any atom is 0.354 e. The smallest absolute Gasteiger partial charge is 0.354 e. The van der Waals surface area contributed by atoms with Crippen molar-refractivity contribution in [2.45, 2.75) is 4.90 Å². The van der Waals surface area contributed by atoms with Crippen LogP contribution in [0.5, 0.6) is 0 Å². The number of nitrogens with zero attached hydrogens (tertiary/aromatic N) is 2. The van der Waals surface area contributed by atoms with E-state index in [1.807, 2.05) is 0 Å². The molecule has 0 bridgehead atoms. The van der Waals surface area contributed by atoms with E-state index in [1.54, 1.807) is 12.1 Å². The topological polar surface area (TPSA) is 89.3 Å². The van der Waals surface area contributed by atoms with Crippen LogP contribution < -0.4 is 0 Å². The zero-order valence-corrected chi connectivity index (χ0v) is 11.2. The summed E-state index contributed by atoms with van der Waals surface area (Å²) in [6, 6.07) is 6.03. The van der Waals surface area contributed by atoms with E-state index in [2.05, 4.69) is 5.10 Å². The molecular formula is C12H12N2O4S. The first-order chi connectivity index (χ1) is 8.80. The number of carbonyl (C=O) groups is 1. The van der Waals surface area contributed by atoms with Gasteiger partial charge in [-0.25, -0.2) is 13.2 Å². The first-order valence-electron chi connectivity index (χ1n) is 5.36. The average Bonchev–Trinajstić information content (AvgIpc) is 2.70. The molecule has 1 N–H and O–H groups in total. The van der Waals surface area contributed by atoms with Gasteiger partial charge in [-0.05, 0) is 17.7 Å². The van der Waals surface area contributed by atoms with Gasteiger partial charge in [0.2, 0.25) is 0 Å². The Balaban J connectivity index is 2.52. The molecule has 0 atom stereocenters. The largest absolute Gasteiger partial charge is 0.477 e. The SMILES string of the molecule is Cn1ncc(-c2ccc(S(C)(=O)=O)cc2)c1C(=O)O. The Hall–Kier alpha value is -2.15. The minimum absolute atomic E-state index is 0.0621. The highest BCUT2D eigenvalue weighted by Gasteiger charge is 2.17. The van der Waals surface area contributed by atoms with E-state index in [1.165, 1.54) is 30.1 Å². The average molecular weight is 280 g/mol. The molecule has 2 aromatic rings. The number of hydrogen-bond donors (Lipinski definition) is 1. The van der Waals surface area contributed by atoms with Crippen molar-refractivity contribution in [1.82, 2.24) is 9.78 Å². The molecule has 0 aliphatic carbocycles. The number of aryl methyl sites for hydroxylation is 1. The summed E-state index contributed by atoms with van der Waals surface area (Å²) in [5.74, 6) is -1.08. The minimum atomic E-state index is -3.26. The highest BCUT2D eigenvalue weighted by molar-refractivity contribution is 7.90. The summed E-state index contributed by atoms with van der Waals surface area (Å²) >= 11 is 0. The molecule has 1 aromatic heterocycles. The third-order valence-electron chi connectivity index (χ3n) is 2.73. The van der Waals surface area contributed by atoms with E-state index >= 15 is 0 Å². The van der Waals surface area contributed by atoms with Gasteiger partial charge in [0, 0.05) is 18.9 Å². The number of rotatable bonds is 3. The molecule has 0 fully saturated rings. The van der Waals surface area contributed by atoms with Crippen LogP contribution in [0.3, 0.4) is 0 Å². The third kappa shape index (κ3) is 2.50. The molecule has 0 amide bonds. The summed E-state index contributed by atoms with van der Waals surface area (Å²) in [4.78, 5) is 11.3. The van der Waals surface area contributed by atoms with Gasteiger partial charge in [0.15, 0.2) is 15.5 Å². The molecule has 0 saturated heterocycles. The van der Waals surface area contributed by atoms with Gasteiger partial charge in [-0.1, -0.05) is 12.1 Å². The zero-order valence-electron chi connectivity index (χ0n) is 10.4. The number of carboxylic acid groups (broad SMARTS) is 1. The summed E-state index contributed by atoms with van der Waals surface area (Å²) in [6.45, 7) is 0. The van der Waals surface area contributed by atoms with E-state index in [0.717, 1.165) is 6.26 Å². The maximum atomic E-state index is 11.3. The van der Waals surface area contributed by atoms with Crippen LogP contribution in [0, 0.1) is 0 Å². The summed E-state index contributed by atoms with van der Waals surface area (Å²) in [5.41, 5.74) is 1.13. The number of hydrogen-bond acceptors (Lipinski definition) is 4. The van der Waals surface area contributed by atoms with Gasteiger partial charge in [0.25, 0.3) is 0 Å². The molecule has 0 spiro atoms. The zero-order chi connectivity index (χ0) is 14.2. The standard InChI is InChI=1S/C12H12N2O4S/c1-14-11(12(15)16)10(7-13-14)8-3-5-9(6-4-8)19(2,17)18/h3-7H,1-2H3,(H,15,16). The number of sulfone groups is 1. The molecule has 0 radical (unpaired) electrons. The van der Waals surface area contributed by atoms with Gasteiger partial charge >= 0.3 is 5.97 Å². The second-order valence-electron chi connectivity index (χ2n) is 4.13. The minimum Gasteiger partial charge on any atom is -0.477 e. The van der Waals surface area contributed by atoms with Crippen molar-refractivity contribution in [3.63, 3.8) is 0 Å². The maximum absolute atomic E-state index is 11.3. The van der Waals surface area contributed by atoms with Crippen LogP contribution in [0.2, 0.25) is 0 Å². The lowest BCUT2D eigenvalue weighted by atomic mass is 10.1. The molecule has 0 aliphatic heterocycles. The monoisotopic (exact) mass is 280 g/mol. The fraction of sp³-hybridized carbons (Fsp3) is 0.167. The molecule has 19 heavy (non-hydrogen) atoms. The van der Waals surface area contributed by atoms with Gasteiger partial charge in [-0.2, -0.15) is 5.10 Å². The molecule has 0 saturated carbocycles. The van der Waals surface area contributed by atoms with E-state index < -0.39 is 15.8 Å². The van der Waals surface area contributed by atoms with Crippen molar-refractivity contribution in [1.29, 1.82) is 0 Å². The second-order valence-corrected chi connectivity index (χ2v) is 6.15. The van der Waals surface area contributed by atoms with Crippen molar-refractivity contribution in [2.24, 2.45) is 7.05 Å². The van der Waals surface area contributed by atoms with E-state index in [-0.39, 0.29) is 10.6 Å². The van der Waals surface area contributed by atoms with Gasteiger partial charge in [-0.3, -0.25) is 4.68 Å². The van der Waals surface area contributed by atoms with Crippen molar-refractivity contribution in [3.8, 4) is 11.1 Å². The molecule has 6 nitrogen and oxygen atoms in total. The number of benzene rings is 1. The lowest BCUT2D eigenvalue weighted by Crippen LogP contribution is -2.06. The Kier molecular flexibility index (Phi) is 3.15.